The number of carbonyl (C=O) groups is 2. The minimum atomic E-state index is -0.558. The first-order valence-corrected chi connectivity index (χ1v) is 8.35. The van der Waals surface area contributed by atoms with Gasteiger partial charge in [0.25, 0.3) is 5.56 Å². The summed E-state index contributed by atoms with van der Waals surface area (Å²) in [5.74, 6) is 5.54. The Morgan fingerprint density at radius 1 is 1.33 bits per heavy atom. The standard InChI is InChI=1S/C16H21N3O4S/c1-11(20)24-9-7-13(21)17-8-5-6-12-10-19(16(2,3)4)15(23)18-14(12)22/h10H,7-9H2,1-4H3,(H,17,21)(H,18,22,23). The van der Waals surface area contributed by atoms with E-state index in [1.807, 2.05) is 20.8 Å². The molecule has 0 atom stereocenters. The zero-order valence-corrected chi connectivity index (χ0v) is 15.0. The van der Waals surface area contributed by atoms with Gasteiger partial charge >= 0.3 is 5.69 Å². The maximum absolute atomic E-state index is 11.8. The third-order valence-electron chi connectivity index (χ3n) is 2.90. The summed E-state index contributed by atoms with van der Waals surface area (Å²) in [6.45, 7) is 7.04. The van der Waals surface area contributed by atoms with Crippen LogP contribution in [0.15, 0.2) is 15.8 Å². The minimum Gasteiger partial charge on any atom is -0.345 e. The molecule has 2 N–H and O–H groups in total. The number of amides is 1. The van der Waals surface area contributed by atoms with Crippen LogP contribution in [0.1, 0.15) is 39.7 Å². The third kappa shape index (κ3) is 6.46. The van der Waals surface area contributed by atoms with E-state index < -0.39 is 16.8 Å². The number of nitrogens with zero attached hydrogens (tertiary/aromatic N) is 1. The fourth-order valence-electron chi connectivity index (χ4n) is 1.72. The van der Waals surface area contributed by atoms with Gasteiger partial charge in [-0.15, -0.1) is 0 Å². The number of rotatable bonds is 4. The lowest BCUT2D eigenvalue weighted by Gasteiger charge is -2.21. The van der Waals surface area contributed by atoms with Gasteiger partial charge in [0.15, 0.2) is 5.12 Å². The number of hydrogen-bond acceptors (Lipinski definition) is 5. The fourth-order valence-corrected chi connectivity index (χ4v) is 2.29. The average molecular weight is 351 g/mol. The highest BCUT2D eigenvalue weighted by Gasteiger charge is 2.15. The second-order valence-electron chi connectivity index (χ2n) is 6.01. The predicted molar refractivity (Wildman–Crippen MR) is 94.0 cm³/mol. The highest BCUT2D eigenvalue weighted by molar-refractivity contribution is 8.13. The van der Waals surface area contributed by atoms with E-state index in [2.05, 4.69) is 22.1 Å². The molecule has 0 aliphatic carbocycles. The summed E-state index contributed by atoms with van der Waals surface area (Å²) < 4.78 is 1.40. The average Bonchev–Trinajstić information content (AvgIpc) is 2.43. The van der Waals surface area contributed by atoms with Gasteiger partial charge < -0.3 is 5.32 Å². The third-order valence-corrected chi connectivity index (χ3v) is 3.71. The maximum Gasteiger partial charge on any atom is 0.328 e. The van der Waals surface area contributed by atoms with Crippen molar-refractivity contribution in [2.24, 2.45) is 0 Å². The van der Waals surface area contributed by atoms with E-state index in [0.717, 1.165) is 11.8 Å². The first kappa shape index (κ1) is 19.8. The number of aromatic amines is 1. The topological polar surface area (TPSA) is 101 Å². The Hall–Kier alpha value is -2.27. The number of carbonyl (C=O) groups excluding carboxylic acids is 2. The van der Waals surface area contributed by atoms with Gasteiger partial charge in [0, 0.05) is 30.8 Å². The minimum absolute atomic E-state index is 0.0317. The molecule has 0 saturated carbocycles. The molecule has 0 spiro atoms. The largest absolute Gasteiger partial charge is 0.345 e. The van der Waals surface area contributed by atoms with Gasteiger partial charge in [-0.3, -0.25) is 23.9 Å². The lowest BCUT2D eigenvalue weighted by molar-refractivity contribution is -0.120. The van der Waals surface area contributed by atoms with Gasteiger partial charge in [-0.1, -0.05) is 23.6 Å². The number of H-pyrrole nitrogens is 1. The second-order valence-corrected chi connectivity index (χ2v) is 7.28. The first-order valence-electron chi connectivity index (χ1n) is 7.36. The number of hydrogen-bond donors (Lipinski definition) is 2. The van der Waals surface area contributed by atoms with Crippen molar-refractivity contribution in [1.82, 2.24) is 14.9 Å². The summed E-state index contributed by atoms with van der Waals surface area (Å²) in [6, 6.07) is 0. The fraction of sp³-hybridized carbons (Fsp3) is 0.500. The van der Waals surface area contributed by atoms with Crippen LogP contribution in [-0.2, 0) is 15.1 Å². The Morgan fingerprint density at radius 2 is 2.00 bits per heavy atom. The Balaban J connectivity index is 2.70. The number of nitrogens with one attached hydrogen (secondary N) is 2. The van der Waals surface area contributed by atoms with Gasteiger partial charge in [0.1, 0.15) is 5.56 Å². The van der Waals surface area contributed by atoms with Crippen molar-refractivity contribution in [3.63, 3.8) is 0 Å². The molecule has 0 aliphatic rings. The van der Waals surface area contributed by atoms with Crippen LogP contribution in [0.2, 0.25) is 0 Å². The Morgan fingerprint density at radius 3 is 2.58 bits per heavy atom. The highest BCUT2D eigenvalue weighted by atomic mass is 32.2. The number of thioether (sulfide) groups is 1. The van der Waals surface area contributed by atoms with Crippen LogP contribution in [0.4, 0.5) is 0 Å². The number of aromatic nitrogens is 2. The highest BCUT2D eigenvalue weighted by Crippen LogP contribution is 2.09. The van der Waals surface area contributed by atoms with E-state index in [1.165, 1.54) is 17.7 Å². The summed E-state index contributed by atoms with van der Waals surface area (Å²) in [5.41, 5.74) is -1.38. The Kier molecular flexibility index (Phi) is 7.04. The van der Waals surface area contributed by atoms with Gasteiger partial charge in [0.2, 0.25) is 5.91 Å². The van der Waals surface area contributed by atoms with Crippen molar-refractivity contribution in [2.45, 2.75) is 39.7 Å². The Bertz CT molecular complexity index is 791. The molecule has 0 saturated heterocycles. The van der Waals surface area contributed by atoms with Crippen LogP contribution < -0.4 is 16.6 Å². The smallest absolute Gasteiger partial charge is 0.328 e. The van der Waals surface area contributed by atoms with Crippen molar-refractivity contribution in [3.05, 3.63) is 32.6 Å². The molecule has 1 rings (SSSR count). The molecule has 1 aromatic rings. The van der Waals surface area contributed by atoms with Crippen LogP contribution in [0.3, 0.4) is 0 Å². The SMILES string of the molecule is CC(=O)SCCC(=O)NCC#Cc1cn(C(C)(C)C)c(=O)[nH]c1=O. The van der Waals surface area contributed by atoms with Crippen LogP contribution >= 0.6 is 11.8 Å². The second kappa shape index (κ2) is 8.55. The van der Waals surface area contributed by atoms with Crippen LogP contribution in [-0.4, -0.2) is 32.9 Å². The van der Waals surface area contributed by atoms with E-state index >= 15 is 0 Å². The molecule has 130 valence electrons. The molecule has 0 aromatic carbocycles. The molecule has 0 fully saturated rings. The van der Waals surface area contributed by atoms with E-state index in [1.54, 1.807) is 0 Å². The van der Waals surface area contributed by atoms with Crippen molar-refractivity contribution >= 4 is 22.8 Å². The monoisotopic (exact) mass is 351 g/mol. The van der Waals surface area contributed by atoms with Gasteiger partial charge in [0.05, 0.1) is 6.54 Å². The summed E-state index contributed by atoms with van der Waals surface area (Å²) in [6.07, 6.45) is 1.64. The molecular formula is C16H21N3O4S. The normalized spacial score (nSPS) is 10.7. The molecule has 24 heavy (non-hydrogen) atoms. The van der Waals surface area contributed by atoms with Crippen LogP contribution in [0, 0.1) is 11.8 Å². The lowest BCUT2D eigenvalue weighted by atomic mass is 10.1. The maximum atomic E-state index is 11.8. The summed E-state index contributed by atoms with van der Waals surface area (Å²) in [4.78, 5) is 48.0. The van der Waals surface area contributed by atoms with E-state index in [-0.39, 0.29) is 29.6 Å². The molecule has 7 nitrogen and oxygen atoms in total. The molecule has 0 radical (unpaired) electrons. The molecule has 1 heterocycles. The summed E-state index contributed by atoms with van der Waals surface area (Å²) in [5, 5.41) is 2.55. The molecule has 8 heteroatoms. The van der Waals surface area contributed by atoms with Gasteiger partial charge in [-0.05, 0) is 20.8 Å². The summed E-state index contributed by atoms with van der Waals surface area (Å²) >= 11 is 1.09. The van der Waals surface area contributed by atoms with Crippen molar-refractivity contribution in [2.75, 3.05) is 12.3 Å². The van der Waals surface area contributed by atoms with E-state index in [0.29, 0.717) is 5.75 Å². The molecular weight excluding hydrogens is 330 g/mol. The summed E-state index contributed by atoms with van der Waals surface area (Å²) in [7, 11) is 0. The zero-order valence-electron chi connectivity index (χ0n) is 14.2. The van der Waals surface area contributed by atoms with Gasteiger partial charge in [-0.25, -0.2) is 4.79 Å². The van der Waals surface area contributed by atoms with E-state index in [9.17, 15) is 19.2 Å². The zero-order chi connectivity index (χ0) is 18.3. The van der Waals surface area contributed by atoms with Crippen molar-refractivity contribution in [1.29, 1.82) is 0 Å². The lowest BCUT2D eigenvalue weighted by Crippen LogP contribution is -2.39. The first-order chi connectivity index (χ1) is 11.1. The molecule has 1 amide bonds. The Labute approximate surface area is 144 Å². The van der Waals surface area contributed by atoms with Crippen molar-refractivity contribution in [3.8, 4) is 11.8 Å². The van der Waals surface area contributed by atoms with Gasteiger partial charge in [-0.2, -0.15) is 0 Å². The van der Waals surface area contributed by atoms with Crippen LogP contribution in [0.5, 0.6) is 0 Å². The predicted octanol–water partition coefficient (Wildman–Crippen LogP) is 0.429. The molecule has 0 aliphatic heterocycles. The van der Waals surface area contributed by atoms with Crippen LogP contribution in [0.25, 0.3) is 0 Å². The molecule has 0 bridgehead atoms. The molecule has 0 unspecified atom stereocenters. The quantitative estimate of drug-likeness (QED) is 0.766. The van der Waals surface area contributed by atoms with Crippen molar-refractivity contribution < 1.29 is 9.59 Å². The van der Waals surface area contributed by atoms with E-state index in [4.69, 9.17) is 0 Å². The molecule has 1 aromatic heterocycles.